The van der Waals surface area contributed by atoms with Crippen molar-refractivity contribution in [1.29, 1.82) is 0 Å². The number of likely N-dealkylation sites (tertiary alicyclic amines) is 1. The van der Waals surface area contributed by atoms with E-state index in [9.17, 15) is 14.4 Å². The molecule has 1 aliphatic rings. The van der Waals surface area contributed by atoms with Gasteiger partial charge in [-0.25, -0.2) is 4.79 Å². The standard InChI is InChI=1S/C23H22N2O4/c1-24(2)22(27)19-10-6-12-25(19)21(26)17-9-5-8-15(13-17)18-14-16-7-3-4-11-20(16)29-23(18)28/h3-5,7-9,11,13-14,19H,6,10,12H2,1-2H3/t19-/m0/s1. The van der Waals surface area contributed by atoms with Crippen LogP contribution >= 0.6 is 0 Å². The Kier molecular flexibility index (Phi) is 4.92. The zero-order chi connectivity index (χ0) is 20.5. The van der Waals surface area contributed by atoms with E-state index in [1.54, 1.807) is 55.4 Å². The summed E-state index contributed by atoms with van der Waals surface area (Å²) in [7, 11) is 3.39. The molecule has 2 amide bonds. The third-order valence-corrected chi connectivity index (χ3v) is 5.30. The lowest BCUT2D eigenvalue weighted by molar-refractivity contribution is -0.132. The molecule has 0 bridgehead atoms. The van der Waals surface area contributed by atoms with Crippen molar-refractivity contribution in [2.45, 2.75) is 18.9 Å². The fraction of sp³-hybridized carbons (Fsp3) is 0.261. The number of rotatable bonds is 3. The topological polar surface area (TPSA) is 70.8 Å². The maximum absolute atomic E-state index is 13.1. The second-order valence-corrected chi connectivity index (χ2v) is 7.46. The number of carbonyl (C=O) groups excluding carboxylic acids is 2. The van der Waals surface area contributed by atoms with Crippen LogP contribution in [0.5, 0.6) is 0 Å². The molecule has 0 spiro atoms. The average molecular weight is 390 g/mol. The number of carbonyl (C=O) groups is 2. The number of para-hydroxylation sites is 1. The van der Waals surface area contributed by atoms with Gasteiger partial charge in [-0.15, -0.1) is 0 Å². The maximum Gasteiger partial charge on any atom is 0.344 e. The van der Waals surface area contributed by atoms with Crippen LogP contribution in [0, 0.1) is 0 Å². The molecule has 1 atom stereocenters. The van der Waals surface area contributed by atoms with Crippen LogP contribution in [0.1, 0.15) is 23.2 Å². The van der Waals surface area contributed by atoms with Crippen LogP contribution in [0.3, 0.4) is 0 Å². The highest BCUT2D eigenvalue weighted by Crippen LogP contribution is 2.25. The minimum atomic E-state index is -0.449. The van der Waals surface area contributed by atoms with Gasteiger partial charge in [0.15, 0.2) is 0 Å². The summed E-state index contributed by atoms with van der Waals surface area (Å²) in [6, 6.07) is 15.6. The van der Waals surface area contributed by atoms with Gasteiger partial charge < -0.3 is 14.2 Å². The van der Waals surface area contributed by atoms with E-state index in [-0.39, 0.29) is 11.8 Å². The molecule has 4 rings (SSSR count). The van der Waals surface area contributed by atoms with Crippen molar-refractivity contribution in [3.05, 3.63) is 70.6 Å². The molecule has 3 aromatic rings. The molecule has 0 saturated carbocycles. The van der Waals surface area contributed by atoms with E-state index in [2.05, 4.69) is 0 Å². The lowest BCUT2D eigenvalue weighted by Crippen LogP contribution is -2.45. The summed E-state index contributed by atoms with van der Waals surface area (Å²) in [6.45, 7) is 0.547. The highest BCUT2D eigenvalue weighted by atomic mass is 16.4. The van der Waals surface area contributed by atoms with Crippen molar-refractivity contribution in [2.24, 2.45) is 0 Å². The second kappa shape index (κ2) is 7.54. The Morgan fingerprint density at radius 1 is 1.07 bits per heavy atom. The maximum atomic E-state index is 13.1. The normalized spacial score (nSPS) is 16.2. The third kappa shape index (κ3) is 3.53. The zero-order valence-corrected chi connectivity index (χ0v) is 16.4. The quantitative estimate of drug-likeness (QED) is 0.644. The summed E-state index contributed by atoms with van der Waals surface area (Å²) in [5, 5.41) is 0.815. The van der Waals surface area contributed by atoms with Gasteiger partial charge in [0.25, 0.3) is 5.91 Å². The van der Waals surface area contributed by atoms with Crippen molar-refractivity contribution < 1.29 is 14.0 Å². The molecule has 1 aliphatic heterocycles. The van der Waals surface area contributed by atoms with Gasteiger partial charge in [0.2, 0.25) is 5.91 Å². The molecule has 6 nitrogen and oxygen atoms in total. The van der Waals surface area contributed by atoms with Crippen molar-refractivity contribution in [3.8, 4) is 11.1 Å². The zero-order valence-electron chi connectivity index (χ0n) is 16.4. The Morgan fingerprint density at radius 2 is 1.86 bits per heavy atom. The first-order valence-electron chi connectivity index (χ1n) is 9.61. The highest BCUT2D eigenvalue weighted by Gasteiger charge is 2.35. The van der Waals surface area contributed by atoms with E-state index >= 15 is 0 Å². The number of likely N-dealkylation sites (N-methyl/N-ethyl adjacent to an activating group) is 1. The van der Waals surface area contributed by atoms with Crippen LogP contribution in [0.2, 0.25) is 0 Å². The van der Waals surface area contributed by atoms with Crippen molar-refractivity contribution in [3.63, 3.8) is 0 Å². The second-order valence-electron chi connectivity index (χ2n) is 7.46. The Balaban J connectivity index is 1.69. The van der Waals surface area contributed by atoms with Crippen molar-refractivity contribution >= 4 is 22.8 Å². The Bertz CT molecular complexity index is 1150. The van der Waals surface area contributed by atoms with Crippen LogP contribution < -0.4 is 5.63 Å². The molecule has 1 fully saturated rings. The van der Waals surface area contributed by atoms with E-state index in [0.29, 0.717) is 35.2 Å². The molecule has 148 valence electrons. The van der Waals surface area contributed by atoms with Crippen molar-refractivity contribution in [2.75, 3.05) is 20.6 Å². The SMILES string of the molecule is CN(C)C(=O)[C@@H]1CCCN1C(=O)c1cccc(-c2cc3ccccc3oc2=O)c1. The monoisotopic (exact) mass is 390 g/mol. The number of fused-ring (bicyclic) bond motifs is 1. The third-order valence-electron chi connectivity index (χ3n) is 5.30. The summed E-state index contributed by atoms with van der Waals surface area (Å²) in [6.07, 6.45) is 1.46. The summed E-state index contributed by atoms with van der Waals surface area (Å²) in [4.78, 5) is 41.2. The van der Waals surface area contributed by atoms with Gasteiger partial charge in [0, 0.05) is 31.6 Å². The predicted molar refractivity (Wildman–Crippen MR) is 111 cm³/mol. The summed E-state index contributed by atoms with van der Waals surface area (Å²) >= 11 is 0. The van der Waals surface area contributed by atoms with E-state index < -0.39 is 11.7 Å². The molecular weight excluding hydrogens is 368 g/mol. The van der Waals surface area contributed by atoms with Gasteiger partial charge in [0.1, 0.15) is 11.6 Å². The van der Waals surface area contributed by atoms with Gasteiger partial charge in [-0.3, -0.25) is 9.59 Å². The fourth-order valence-electron chi connectivity index (χ4n) is 3.81. The predicted octanol–water partition coefficient (Wildman–Crippen LogP) is 3.15. The lowest BCUT2D eigenvalue weighted by Gasteiger charge is -2.26. The summed E-state index contributed by atoms with van der Waals surface area (Å²) in [5.41, 5.74) is 1.55. The highest BCUT2D eigenvalue weighted by molar-refractivity contribution is 5.99. The van der Waals surface area contributed by atoms with Gasteiger partial charge in [-0.05, 0) is 42.7 Å². The number of hydrogen-bond acceptors (Lipinski definition) is 4. The van der Waals surface area contributed by atoms with Gasteiger partial charge >= 0.3 is 5.63 Å². The first kappa shape index (κ1) is 18.9. The largest absolute Gasteiger partial charge is 0.422 e. The van der Waals surface area contributed by atoms with Crippen LogP contribution in [-0.4, -0.2) is 48.3 Å². The van der Waals surface area contributed by atoms with E-state index in [1.807, 2.05) is 18.2 Å². The Labute approximate surface area is 168 Å². The molecule has 2 heterocycles. The van der Waals surface area contributed by atoms with Crippen LogP contribution in [0.4, 0.5) is 0 Å². The summed E-state index contributed by atoms with van der Waals surface area (Å²) < 4.78 is 5.42. The molecule has 1 saturated heterocycles. The van der Waals surface area contributed by atoms with Crippen LogP contribution in [0.15, 0.2) is 63.8 Å². The first-order chi connectivity index (χ1) is 14.0. The lowest BCUT2D eigenvalue weighted by atomic mass is 10.0. The number of amides is 2. The summed E-state index contributed by atoms with van der Waals surface area (Å²) in [5.74, 6) is -0.267. The molecule has 0 aliphatic carbocycles. The number of nitrogens with zero attached hydrogens (tertiary/aromatic N) is 2. The molecule has 0 N–H and O–H groups in total. The Morgan fingerprint density at radius 3 is 2.66 bits per heavy atom. The van der Waals surface area contributed by atoms with Gasteiger partial charge in [-0.2, -0.15) is 0 Å². The average Bonchev–Trinajstić information content (AvgIpc) is 3.21. The molecule has 29 heavy (non-hydrogen) atoms. The molecular formula is C23H22N2O4. The van der Waals surface area contributed by atoms with Gasteiger partial charge in [-0.1, -0.05) is 30.3 Å². The molecule has 1 aromatic heterocycles. The smallest absolute Gasteiger partial charge is 0.344 e. The molecule has 2 aromatic carbocycles. The van der Waals surface area contributed by atoms with Crippen molar-refractivity contribution in [1.82, 2.24) is 9.80 Å². The van der Waals surface area contributed by atoms with E-state index in [1.165, 1.54) is 4.90 Å². The molecule has 6 heteroatoms. The van der Waals surface area contributed by atoms with E-state index in [0.717, 1.165) is 11.8 Å². The molecule has 0 radical (unpaired) electrons. The van der Waals surface area contributed by atoms with Crippen LogP contribution in [-0.2, 0) is 4.79 Å². The van der Waals surface area contributed by atoms with Gasteiger partial charge in [0.05, 0.1) is 5.56 Å². The van der Waals surface area contributed by atoms with Crippen LogP contribution in [0.25, 0.3) is 22.1 Å². The minimum absolute atomic E-state index is 0.0674. The fourth-order valence-corrected chi connectivity index (χ4v) is 3.81. The minimum Gasteiger partial charge on any atom is -0.422 e. The number of benzene rings is 2. The number of hydrogen-bond donors (Lipinski definition) is 0. The first-order valence-corrected chi connectivity index (χ1v) is 9.61. The Hall–Kier alpha value is -3.41. The molecule has 0 unspecified atom stereocenters. The van der Waals surface area contributed by atoms with E-state index in [4.69, 9.17) is 4.42 Å².